The molecule has 0 radical (unpaired) electrons. The van der Waals surface area contributed by atoms with Gasteiger partial charge in [-0.05, 0) is 44.6 Å². The van der Waals surface area contributed by atoms with Crippen molar-refractivity contribution >= 4 is 5.91 Å². The standard InChI is InChI=1S/C20H25N3O2/c1-22(2)13-17-9-11-23(14-17)20(24)18-7-3-4-8-19(18)25-15-16-6-5-10-21-12-16/h3-8,10,12,17H,9,11,13-15H2,1-2H3. The van der Waals surface area contributed by atoms with Crippen molar-refractivity contribution in [3.05, 3.63) is 59.9 Å². The van der Waals surface area contributed by atoms with Gasteiger partial charge in [0.1, 0.15) is 12.4 Å². The van der Waals surface area contributed by atoms with E-state index < -0.39 is 0 Å². The van der Waals surface area contributed by atoms with Gasteiger partial charge in [-0.1, -0.05) is 18.2 Å². The van der Waals surface area contributed by atoms with E-state index >= 15 is 0 Å². The minimum absolute atomic E-state index is 0.0584. The van der Waals surface area contributed by atoms with Crippen LogP contribution in [-0.2, 0) is 6.61 Å². The molecule has 3 rings (SSSR count). The third-order valence-corrected chi connectivity index (χ3v) is 4.43. The van der Waals surface area contributed by atoms with E-state index in [1.807, 2.05) is 41.3 Å². The largest absolute Gasteiger partial charge is 0.488 e. The first kappa shape index (κ1) is 17.4. The van der Waals surface area contributed by atoms with Gasteiger partial charge in [0.15, 0.2) is 0 Å². The lowest BCUT2D eigenvalue weighted by atomic mass is 10.1. The van der Waals surface area contributed by atoms with Crippen molar-refractivity contribution in [2.24, 2.45) is 5.92 Å². The molecule has 1 aliphatic rings. The average Bonchev–Trinajstić information content (AvgIpc) is 3.08. The van der Waals surface area contributed by atoms with E-state index in [0.717, 1.165) is 31.6 Å². The van der Waals surface area contributed by atoms with E-state index in [0.29, 0.717) is 23.8 Å². The minimum atomic E-state index is 0.0584. The molecule has 0 aliphatic carbocycles. The number of benzene rings is 1. The topological polar surface area (TPSA) is 45.7 Å². The zero-order chi connectivity index (χ0) is 17.6. The van der Waals surface area contributed by atoms with Crippen molar-refractivity contribution < 1.29 is 9.53 Å². The van der Waals surface area contributed by atoms with Crippen molar-refractivity contribution in [3.8, 4) is 5.75 Å². The summed E-state index contributed by atoms with van der Waals surface area (Å²) in [5.41, 5.74) is 1.62. The van der Waals surface area contributed by atoms with Crippen LogP contribution in [0.3, 0.4) is 0 Å². The number of aromatic nitrogens is 1. The highest BCUT2D eigenvalue weighted by atomic mass is 16.5. The number of carbonyl (C=O) groups excluding carboxylic acids is 1. The molecular weight excluding hydrogens is 314 g/mol. The van der Waals surface area contributed by atoms with Crippen LogP contribution in [0.2, 0.25) is 0 Å². The normalized spacial score (nSPS) is 17.1. The van der Waals surface area contributed by atoms with Crippen molar-refractivity contribution in [1.29, 1.82) is 0 Å². The number of ether oxygens (including phenoxy) is 1. The molecule has 25 heavy (non-hydrogen) atoms. The molecule has 1 aromatic carbocycles. The second-order valence-corrected chi connectivity index (χ2v) is 6.81. The van der Waals surface area contributed by atoms with Crippen LogP contribution in [0, 0.1) is 5.92 Å². The molecule has 2 aromatic rings. The van der Waals surface area contributed by atoms with E-state index in [4.69, 9.17) is 4.74 Å². The summed E-state index contributed by atoms with van der Waals surface area (Å²) in [7, 11) is 4.15. The van der Waals surface area contributed by atoms with Crippen LogP contribution in [0.1, 0.15) is 22.3 Å². The van der Waals surface area contributed by atoms with Crippen molar-refractivity contribution in [2.75, 3.05) is 33.7 Å². The summed E-state index contributed by atoms with van der Waals surface area (Å²) < 4.78 is 5.90. The van der Waals surface area contributed by atoms with Gasteiger partial charge in [0.05, 0.1) is 5.56 Å². The SMILES string of the molecule is CN(C)CC1CCN(C(=O)c2ccccc2OCc2cccnc2)C1. The summed E-state index contributed by atoms with van der Waals surface area (Å²) >= 11 is 0. The van der Waals surface area contributed by atoms with Crippen molar-refractivity contribution in [3.63, 3.8) is 0 Å². The van der Waals surface area contributed by atoms with Gasteiger partial charge in [-0.2, -0.15) is 0 Å². The second kappa shape index (κ2) is 8.12. The lowest BCUT2D eigenvalue weighted by Gasteiger charge is -2.20. The van der Waals surface area contributed by atoms with Crippen LogP contribution in [0.15, 0.2) is 48.8 Å². The Kier molecular flexibility index (Phi) is 5.66. The van der Waals surface area contributed by atoms with Crippen LogP contribution >= 0.6 is 0 Å². The highest BCUT2D eigenvalue weighted by Gasteiger charge is 2.28. The highest BCUT2D eigenvalue weighted by molar-refractivity contribution is 5.97. The molecule has 0 saturated carbocycles. The summed E-state index contributed by atoms with van der Waals surface area (Å²) in [4.78, 5) is 21.1. The Labute approximate surface area is 149 Å². The number of amides is 1. The van der Waals surface area contributed by atoms with E-state index in [2.05, 4.69) is 24.0 Å². The van der Waals surface area contributed by atoms with Crippen LogP contribution < -0.4 is 4.74 Å². The molecule has 1 aliphatic heterocycles. The summed E-state index contributed by atoms with van der Waals surface area (Å²) in [6, 6.07) is 11.3. The number of rotatable bonds is 6. The fourth-order valence-electron chi connectivity index (χ4n) is 3.27. The van der Waals surface area contributed by atoms with Crippen LogP contribution in [-0.4, -0.2) is 54.4 Å². The molecule has 0 bridgehead atoms. The van der Waals surface area contributed by atoms with Gasteiger partial charge in [0.2, 0.25) is 0 Å². The quantitative estimate of drug-likeness (QED) is 0.812. The Balaban J connectivity index is 1.67. The summed E-state index contributed by atoms with van der Waals surface area (Å²) in [5.74, 6) is 1.23. The molecule has 0 spiro atoms. The van der Waals surface area contributed by atoms with Crippen molar-refractivity contribution in [1.82, 2.24) is 14.8 Å². The van der Waals surface area contributed by atoms with Crippen molar-refractivity contribution in [2.45, 2.75) is 13.0 Å². The first-order valence-corrected chi connectivity index (χ1v) is 8.68. The molecule has 5 nitrogen and oxygen atoms in total. The second-order valence-electron chi connectivity index (χ2n) is 6.81. The number of hydrogen-bond donors (Lipinski definition) is 0. The Morgan fingerprint density at radius 1 is 1.28 bits per heavy atom. The smallest absolute Gasteiger partial charge is 0.257 e. The van der Waals surface area contributed by atoms with Gasteiger partial charge in [-0.15, -0.1) is 0 Å². The van der Waals surface area contributed by atoms with E-state index in [1.54, 1.807) is 12.4 Å². The van der Waals surface area contributed by atoms with Gasteiger partial charge < -0.3 is 14.5 Å². The maximum Gasteiger partial charge on any atom is 0.257 e. The number of likely N-dealkylation sites (tertiary alicyclic amines) is 1. The fourth-order valence-corrected chi connectivity index (χ4v) is 3.27. The molecule has 1 atom stereocenters. The zero-order valence-electron chi connectivity index (χ0n) is 14.9. The Morgan fingerprint density at radius 2 is 2.12 bits per heavy atom. The predicted molar refractivity (Wildman–Crippen MR) is 97.6 cm³/mol. The maximum atomic E-state index is 12.9. The maximum absolute atomic E-state index is 12.9. The Morgan fingerprint density at radius 3 is 2.88 bits per heavy atom. The number of nitrogens with zero attached hydrogens (tertiary/aromatic N) is 3. The predicted octanol–water partition coefficient (Wildman–Crippen LogP) is 2.68. The Hall–Kier alpha value is -2.40. The monoisotopic (exact) mass is 339 g/mol. The molecule has 0 N–H and O–H groups in total. The molecule has 5 heteroatoms. The van der Waals surface area contributed by atoms with Gasteiger partial charge in [0, 0.05) is 37.6 Å². The van der Waals surface area contributed by atoms with Gasteiger partial charge in [-0.25, -0.2) is 0 Å². The minimum Gasteiger partial charge on any atom is -0.488 e. The first-order valence-electron chi connectivity index (χ1n) is 8.68. The summed E-state index contributed by atoms with van der Waals surface area (Å²) in [6.45, 7) is 3.05. The fraction of sp³-hybridized carbons (Fsp3) is 0.400. The number of para-hydroxylation sites is 1. The number of hydrogen-bond acceptors (Lipinski definition) is 4. The molecule has 1 amide bonds. The lowest BCUT2D eigenvalue weighted by Crippen LogP contribution is -2.31. The summed E-state index contributed by atoms with van der Waals surface area (Å²) in [6.07, 6.45) is 4.57. The van der Waals surface area contributed by atoms with Gasteiger partial charge >= 0.3 is 0 Å². The third kappa shape index (κ3) is 4.57. The zero-order valence-corrected chi connectivity index (χ0v) is 14.9. The molecular formula is C20H25N3O2. The van der Waals surface area contributed by atoms with Gasteiger partial charge in [0.25, 0.3) is 5.91 Å². The molecule has 1 saturated heterocycles. The van der Waals surface area contributed by atoms with E-state index in [9.17, 15) is 4.79 Å². The van der Waals surface area contributed by atoms with Crippen LogP contribution in [0.25, 0.3) is 0 Å². The lowest BCUT2D eigenvalue weighted by molar-refractivity contribution is 0.0780. The molecule has 1 aromatic heterocycles. The van der Waals surface area contributed by atoms with E-state index in [1.165, 1.54) is 0 Å². The molecule has 1 unspecified atom stereocenters. The highest BCUT2D eigenvalue weighted by Crippen LogP contribution is 2.25. The number of pyridine rings is 1. The van der Waals surface area contributed by atoms with Crippen LogP contribution in [0.4, 0.5) is 0 Å². The third-order valence-electron chi connectivity index (χ3n) is 4.43. The number of carbonyl (C=O) groups is 1. The molecule has 2 heterocycles. The average molecular weight is 339 g/mol. The van der Waals surface area contributed by atoms with Crippen LogP contribution in [0.5, 0.6) is 5.75 Å². The molecule has 132 valence electrons. The Bertz CT molecular complexity index is 703. The molecule has 1 fully saturated rings. The van der Waals surface area contributed by atoms with E-state index in [-0.39, 0.29) is 5.91 Å². The first-order chi connectivity index (χ1) is 12.1. The van der Waals surface area contributed by atoms with Gasteiger partial charge in [-0.3, -0.25) is 9.78 Å². The summed E-state index contributed by atoms with van der Waals surface area (Å²) in [5, 5.41) is 0.